The average molecular weight is 387 g/mol. The lowest BCUT2D eigenvalue weighted by Gasteiger charge is -2.14. The van der Waals surface area contributed by atoms with Crippen LogP contribution in [0.3, 0.4) is 0 Å². The van der Waals surface area contributed by atoms with Gasteiger partial charge in [-0.1, -0.05) is 20.3 Å². The Bertz CT molecular complexity index is 730. The highest BCUT2D eigenvalue weighted by molar-refractivity contribution is 5.93. The van der Waals surface area contributed by atoms with Gasteiger partial charge in [0.1, 0.15) is 23.0 Å². The third-order valence-electron chi connectivity index (χ3n) is 3.88. The number of benzene rings is 2. The number of methoxy groups -OCH3 is 1. The molecule has 0 aliphatic rings. The zero-order valence-corrected chi connectivity index (χ0v) is 16.8. The largest absolute Gasteiger partial charge is 0.497 e. The molecule has 2 aromatic rings. The van der Waals surface area contributed by atoms with Crippen LogP contribution in [0.1, 0.15) is 33.1 Å². The fraction of sp³-hybridized carbons (Fsp3) is 0.409. The third kappa shape index (κ3) is 7.02. The highest BCUT2D eigenvalue weighted by Gasteiger charge is 2.11. The first-order chi connectivity index (χ1) is 13.7. The van der Waals surface area contributed by atoms with E-state index in [-0.39, 0.29) is 12.5 Å². The fourth-order valence-electron chi connectivity index (χ4n) is 2.37. The molecule has 152 valence electrons. The van der Waals surface area contributed by atoms with Crippen LogP contribution in [0.2, 0.25) is 0 Å². The Morgan fingerprint density at radius 1 is 0.857 bits per heavy atom. The minimum Gasteiger partial charge on any atom is -0.497 e. The van der Waals surface area contributed by atoms with Crippen LogP contribution in [0.15, 0.2) is 42.5 Å². The second kappa shape index (κ2) is 11.7. The molecule has 0 aromatic heterocycles. The first-order valence-electron chi connectivity index (χ1n) is 9.62. The molecule has 0 heterocycles. The number of hydrogen-bond donors (Lipinski definition) is 1. The van der Waals surface area contributed by atoms with Crippen molar-refractivity contribution in [2.75, 3.05) is 32.2 Å². The molecule has 6 nitrogen and oxygen atoms in total. The molecule has 0 bridgehead atoms. The van der Waals surface area contributed by atoms with Gasteiger partial charge in [0.05, 0.1) is 26.0 Å². The second-order valence-corrected chi connectivity index (χ2v) is 6.22. The third-order valence-corrected chi connectivity index (χ3v) is 3.88. The zero-order valence-electron chi connectivity index (χ0n) is 16.8. The Morgan fingerprint density at radius 3 is 2.18 bits per heavy atom. The minimum atomic E-state index is -0.278. The van der Waals surface area contributed by atoms with E-state index < -0.39 is 0 Å². The maximum atomic E-state index is 12.3. The number of nitrogens with one attached hydrogen (secondary N) is 1. The molecule has 2 rings (SSSR count). The van der Waals surface area contributed by atoms with Crippen molar-refractivity contribution in [1.82, 2.24) is 0 Å². The quantitative estimate of drug-likeness (QED) is 0.536. The van der Waals surface area contributed by atoms with E-state index in [1.165, 1.54) is 0 Å². The van der Waals surface area contributed by atoms with Gasteiger partial charge in [-0.3, -0.25) is 4.79 Å². The Kier molecular flexibility index (Phi) is 8.98. The predicted molar refractivity (Wildman–Crippen MR) is 110 cm³/mol. The van der Waals surface area contributed by atoms with E-state index in [0.717, 1.165) is 25.0 Å². The van der Waals surface area contributed by atoms with Crippen LogP contribution >= 0.6 is 0 Å². The van der Waals surface area contributed by atoms with E-state index in [1.807, 2.05) is 12.1 Å². The molecular formula is C22H29NO5. The maximum absolute atomic E-state index is 12.3. The summed E-state index contributed by atoms with van der Waals surface area (Å²) in [7, 11) is 1.58. The number of amides is 1. The van der Waals surface area contributed by atoms with Gasteiger partial charge in [0, 0.05) is 6.07 Å². The number of rotatable bonds is 12. The van der Waals surface area contributed by atoms with Crippen molar-refractivity contribution in [2.24, 2.45) is 0 Å². The van der Waals surface area contributed by atoms with Gasteiger partial charge in [-0.15, -0.1) is 0 Å². The topological polar surface area (TPSA) is 66.0 Å². The number of ether oxygens (including phenoxy) is 4. The molecule has 0 unspecified atom stereocenters. The molecule has 0 radical (unpaired) electrons. The summed E-state index contributed by atoms with van der Waals surface area (Å²) in [5.41, 5.74) is 0.562. The van der Waals surface area contributed by atoms with Gasteiger partial charge < -0.3 is 24.3 Å². The summed E-state index contributed by atoms with van der Waals surface area (Å²) in [6.45, 7) is 5.31. The molecule has 0 aliphatic carbocycles. The van der Waals surface area contributed by atoms with Crippen molar-refractivity contribution in [3.63, 3.8) is 0 Å². The molecule has 0 atom stereocenters. The molecule has 0 aliphatic heterocycles. The number of carbonyl (C=O) groups excluding carboxylic acids is 1. The molecule has 0 spiro atoms. The van der Waals surface area contributed by atoms with Crippen LogP contribution < -0.4 is 24.3 Å². The van der Waals surface area contributed by atoms with Gasteiger partial charge in [0.2, 0.25) is 0 Å². The summed E-state index contributed by atoms with van der Waals surface area (Å²) in [5.74, 6) is 2.36. The average Bonchev–Trinajstić information content (AvgIpc) is 2.72. The van der Waals surface area contributed by atoms with Gasteiger partial charge in [0.15, 0.2) is 6.61 Å². The van der Waals surface area contributed by atoms with E-state index in [2.05, 4.69) is 19.2 Å². The molecule has 0 saturated heterocycles. The van der Waals surface area contributed by atoms with E-state index in [4.69, 9.17) is 18.9 Å². The fourth-order valence-corrected chi connectivity index (χ4v) is 2.37. The van der Waals surface area contributed by atoms with Crippen molar-refractivity contribution in [1.29, 1.82) is 0 Å². The van der Waals surface area contributed by atoms with Gasteiger partial charge >= 0.3 is 0 Å². The standard InChI is InChI=1S/C22H29NO5/c1-4-6-14-27-21-12-11-19(25-3)15-20(21)23-22(24)16-28-18-9-7-17(8-10-18)26-13-5-2/h7-12,15H,4-6,13-14,16H2,1-3H3,(H,23,24). The SMILES string of the molecule is CCCCOc1ccc(OC)cc1NC(=O)COc1ccc(OCCC)cc1. The molecule has 1 N–H and O–H groups in total. The second-order valence-electron chi connectivity index (χ2n) is 6.22. The summed E-state index contributed by atoms with van der Waals surface area (Å²) < 4.78 is 22.1. The highest BCUT2D eigenvalue weighted by Crippen LogP contribution is 2.29. The normalized spacial score (nSPS) is 10.2. The van der Waals surface area contributed by atoms with Crippen LogP contribution in [0.4, 0.5) is 5.69 Å². The lowest BCUT2D eigenvalue weighted by Crippen LogP contribution is -2.20. The molecule has 0 saturated carbocycles. The van der Waals surface area contributed by atoms with Gasteiger partial charge in [-0.25, -0.2) is 0 Å². The minimum absolute atomic E-state index is 0.110. The van der Waals surface area contributed by atoms with Crippen molar-refractivity contribution in [3.8, 4) is 23.0 Å². The van der Waals surface area contributed by atoms with Crippen LogP contribution in [0.25, 0.3) is 0 Å². The van der Waals surface area contributed by atoms with E-state index in [1.54, 1.807) is 37.4 Å². The molecule has 28 heavy (non-hydrogen) atoms. The predicted octanol–water partition coefficient (Wildman–Crippen LogP) is 4.68. The molecule has 0 fully saturated rings. The molecule has 2 aromatic carbocycles. The number of hydrogen-bond acceptors (Lipinski definition) is 5. The number of anilines is 1. The summed E-state index contributed by atoms with van der Waals surface area (Å²) in [6, 6.07) is 12.5. The zero-order chi connectivity index (χ0) is 20.2. The lowest BCUT2D eigenvalue weighted by atomic mass is 10.2. The Labute approximate surface area is 166 Å². The first-order valence-corrected chi connectivity index (χ1v) is 9.62. The Balaban J connectivity index is 1.92. The summed E-state index contributed by atoms with van der Waals surface area (Å²) in [5, 5.41) is 2.83. The summed E-state index contributed by atoms with van der Waals surface area (Å²) in [6.07, 6.45) is 2.93. The summed E-state index contributed by atoms with van der Waals surface area (Å²) in [4.78, 5) is 12.3. The number of unbranched alkanes of at least 4 members (excludes halogenated alkanes) is 1. The molecule has 6 heteroatoms. The Hall–Kier alpha value is -2.89. The monoisotopic (exact) mass is 387 g/mol. The van der Waals surface area contributed by atoms with Crippen molar-refractivity contribution in [3.05, 3.63) is 42.5 Å². The highest BCUT2D eigenvalue weighted by atomic mass is 16.5. The maximum Gasteiger partial charge on any atom is 0.262 e. The number of carbonyl (C=O) groups is 1. The van der Waals surface area contributed by atoms with Crippen molar-refractivity contribution in [2.45, 2.75) is 33.1 Å². The molecular weight excluding hydrogens is 358 g/mol. The van der Waals surface area contributed by atoms with Gasteiger partial charge in [-0.05, 0) is 49.2 Å². The van der Waals surface area contributed by atoms with Gasteiger partial charge in [0.25, 0.3) is 5.91 Å². The lowest BCUT2D eigenvalue weighted by molar-refractivity contribution is -0.118. The molecule has 1 amide bonds. The van der Waals surface area contributed by atoms with Crippen LogP contribution in [0, 0.1) is 0 Å². The van der Waals surface area contributed by atoms with E-state index in [9.17, 15) is 4.79 Å². The van der Waals surface area contributed by atoms with Crippen LogP contribution in [-0.2, 0) is 4.79 Å². The van der Waals surface area contributed by atoms with Gasteiger partial charge in [-0.2, -0.15) is 0 Å². The van der Waals surface area contributed by atoms with E-state index >= 15 is 0 Å². The van der Waals surface area contributed by atoms with Crippen LogP contribution in [0.5, 0.6) is 23.0 Å². The smallest absolute Gasteiger partial charge is 0.262 e. The van der Waals surface area contributed by atoms with Crippen LogP contribution in [-0.4, -0.2) is 32.8 Å². The van der Waals surface area contributed by atoms with Crippen molar-refractivity contribution >= 4 is 11.6 Å². The Morgan fingerprint density at radius 2 is 1.54 bits per heavy atom. The summed E-state index contributed by atoms with van der Waals surface area (Å²) >= 11 is 0. The van der Waals surface area contributed by atoms with E-state index in [0.29, 0.717) is 36.1 Å². The first kappa shape index (κ1) is 21.4. The van der Waals surface area contributed by atoms with Crippen molar-refractivity contribution < 1.29 is 23.7 Å².